The van der Waals surface area contributed by atoms with Crippen LogP contribution in [0.4, 0.5) is 4.39 Å². The minimum Gasteiger partial charge on any atom is -0.387 e. The average molecular weight is 241 g/mol. The molecular formula is C12H16FNOS. The molecule has 1 heterocycles. The van der Waals surface area contributed by atoms with Crippen LogP contribution in [0.1, 0.15) is 11.7 Å². The first-order valence-corrected chi connectivity index (χ1v) is 6.65. The van der Waals surface area contributed by atoms with Gasteiger partial charge in [0.05, 0.1) is 6.10 Å². The number of benzene rings is 1. The molecule has 0 amide bonds. The molecule has 1 aliphatic heterocycles. The van der Waals surface area contributed by atoms with Crippen molar-refractivity contribution in [2.24, 2.45) is 0 Å². The summed E-state index contributed by atoms with van der Waals surface area (Å²) in [6.07, 6.45) is -0.718. The first-order valence-electron chi connectivity index (χ1n) is 5.50. The maximum Gasteiger partial charge on any atom is 0.129 e. The lowest BCUT2D eigenvalue weighted by Crippen LogP contribution is -2.36. The van der Waals surface area contributed by atoms with Crippen LogP contribution in [0, 0.1) is 5.82 Å². The van der Waals surface area contributed by atoms with E-state index < -0.39 is 6.10 Å². The van der Waals surface area contributed by atoms with Gasteiger partial charge in [0.15, 0.2) is 0 Å². The van der Waals surface area contributed by atoms with E-state index in [1.54, 1.807) is 18.2 Å². The quantitative estimate of drug-likeness (QED) is 0.874. The predicted molar refractivity (Wildman–Crippen MR) is 65.1 cm³/mol. The van der Waals surface area contributed by atoms with Crippen molar-refractivity contribution in [1.82, 2.24) is 4.90 Å². The van der Waals surface area contributed by atoms with Crippen LogP contribution in [0.3, 0.4) is 0 Å². The van der Waals surface area contributed by atoms with Crippen LogP contribution in [0.25, 0.3) is 0 Å². The molecule has 0 radical (unpaired) electrons. The summed E-state index contributed by atoms with van der Waals surface area (Å²) in [6, 6.07) is 6.44. The molecule has 0 spiro atoms. The molecule has 1 aromatic rings. The van der Waals surface area contributed by atoms with Crippen LogP contribution in [0.5, 0.6) is 0 Å². The largest absolute Gasteiger partial charge is 0.387 e. The van der Waals surface area contributed by atoms with Gasteiger partial charge < -0.3 is 5.11 Å². The lowest BCUT2D eigenvalue weighted by atomic mass is 10.1. The van der Waals surface area contributed by atoms with Gasteiger partial charge in [0.25, 0.3) is 0 Å². The van der Waals surface area contributed by atoms with Gasteiger partial charge in [-0.1, -0.05) is 18.2 Å². The van der Waals surface area contributed by atoms with E-state index in [9.17, 15) is 9.50 Å². The van der Waals surface area contributed by atoms with E-state index >= 15 is 0 Å². The second kappa shape index (κ2) is 5.66. The molecule has 0 bridgehead atoms. The van der Waals surface area contributed by atoms with Gasteiger partial charge in [0.2, 0.25) is 0 Å². The second-order valence-corrected chi connectivity index (χ2v) is 5.18. The summed E-state index contributed by atoms with van der Waals surface area (Å²) < 4.78 is 13.4. The normalized spacial score (nSPS) is 19.6. The van der Waals surface area contributed by atoms with Gasteiger partial charge in [-0.3, -0.25) is 4.90 Å². The Kier molecular flexibility index (Phi) is 4.21. The summed E-state index contributed by atoms with van der Waals surface area (Å²) in [7, 11) is 0. The van der Waals surface area contributed by atoms with E-state index in [0.29, 0.717) is 12.1 Å². The molecular weight excluding hydrogens is 225 g/mol. The van der Waals surface area contributed by atoms with E-state index in [4.69, 9.17) is 0 Å². The first kappa shape index (κ1) is 11.9. The smallest absolute Gasteiger partial charge is 0.129 e. The number of rotatable bonds is 3. The molecule has 4 heteroatoms. The summed E-state index contributed by atoms with van der Waals surface area (Å²) in [6.45, 7) is 2.49. The molecule has 16 heavy (non-hydrogen) atoms. The van der Waals surface area contributed by atoms with Crippen molar-refractivity contribution in [1.29, 1.82) is 0 Å². The van der Waals surface area contributed by atoms with Crippen molar-refractivity contribution < 1.29 is 9.50 Å². The summed E-state index contributed by atoms with van der Waals surface area (Å²) in [4.78, 5) is 2.19. The van der Waals surface area contributed by atoms with E-state index in [1.807, 2.05) is 11.8 Å². The number of halogens is 1. The summed E-state index contributed by atoms with van der Waals surface area (Å²) in [5.41, 5.74) is 0.403. The summed E-state index contributed by atoms with van der Waals surface area (Å²) in [5, 5.41) is 9.97. The average Bonchev–Trinajstić information content (AvgIpc) is 2.31. The van der Waals surface area contributed by atoms with Gasteiger partial charge in [-0.15, -0.1) is 0 Å². The van der Waals surface area contributed by atoms with E-state index in [2.05, 4.69) is 4.90 Å². The molecule has 2 nitrogen and oxygen atoms in total. The van der Waals surface area contributed by atoms with E-state index in [-0.39, 0.29) is 5.82 Å². The highest BCUT2D eigenvalue weighted by atomic mass is 32.2. The van der Waals surface area contributed by atoms with Crippen LogP contribution in [0.2, 0.25) is 0 Å². The number of aliphatic hydroxyl groups is 1. The second-order valence-electron chi connectivity index (χ2n) is 3.95. The molecule has 1 N–H and O–H groups in total. The maximum atomic E-state index is 13.4. The Hall–Kier alpha value is -0.580. The van der Waals surface area contributed by atoms with Crippen molar-refractivity contribution in [3.63, 3.8) is 0 Å². The Morgan fingerprint density at radius 2 is 2.00 bits per heavy atom. The fourth-order valence-electron chi connectivity index (χ4n) is 1.87. The SMILES string of the molecule is O[C@@H](CN1CCSCC1)c1ccccc1F. The molecule has 0 aliphatic carbocycles. The number of nitrogens with zero attached hydrogens (tertiary/aromatic N) is 1. The highest BCUT2D eigenvalue weighted by molar-refractivity contribution is 7.99. The third kappa shape index (κ3) is 2.97. The first-order chi connectivity index (χ1) is 7.77. The zero-order chi connectivity index (χ0) is 11.4. The Balaban J connectivity index is 1.96. The van der Waals surface area contributed by atoms with Crippen LogP contribution in [-0.2, 0) is 0 Å². The molecule has 0 saturated carbocycles. The Bertz CT molecular complexity index is 342. The third-order valence-corrected chi connectivity index (χ3v) is 3.74. The zero-order valence-corrected chi connectivity index (χ0v) is 9.92. The number of thioether (sulfide) groups is 1. The summed E-state index contributed by atoms with van der Waals surface area (Å²) in [5.74, 6) is 1.88. The molecule has 1 saturated heterocycles. The molecule has 2 rings (SSSR count). The number of hydrogen-bond donors (Lipinski definition) is 1. The van der Waals surface area contributed by atoms with Gasteiger partial charge in [-0.25, -0.2) is 4.39 Å². The highest BCUT2D eigenvalue weighted by Gasteiger charge is 2.18. The van der Waals surface area contributed by atoms with E-state index in [0.717, 1.165) is 24.6 Å². The molecule has 1 aromatic carbocycles. The minimum absolute atomic E-state index is 0.318. The lowest BCUT2D eigenvalue weighted by Gasteiger charge is -2.28. The third-order valence-electron chi connectivity index (χ3n) is 2.80. The van der Waals surface area contributed by atoms with Gasteiger partial charge in [-0.05, 0) is 6.07 Å². The fourth-order valence-corrected chi connectivity index (χ4v) is 2.85. The predicted octanol–water partition coefficient (Wildman–Crippen LogP) is 1.91. The Morgan fingerprint density at radius 3 is 2.69 bits per heavy atom. The number of aliphatic hydroxyl groups excluding tert-OH is 1. The molecule has 0 aromatic heterocycles. The summed E-state index contributed by atoms with van der Waals surface area (Å²) >= 11 is 1.93. The van der Waals surface area contributed by atoms with Gasteiger partial charge >= 0.3 is 0 Å². The van der Waals surface area contributed by atoms with Gasteiger partial charge in [0.1, 0.15) is 5.82 Å². The lowest BCUT2D eigenvalue weighted by molar-refractivity contribution is 0.115. The van der Waals surface area contributed by atoms with Gasteiger partial charge in [0, 0.05) is 36.7 Å². The molecule has 1 fully saturated rings. The molecule has 1 aliphatic rings. The van der Waals surface area contributed by atoms with Crippen LogP contribution >= 0.6 is 11.8 Å². The maximum absolute atomic E-state index is 13.4. The Morgan fingerprint density at radius 1 is 1.31 bits per heavy atom. The van der Waals surface area contributed by atoms with Crippen LogP contribution in [-0.4, -0.2) is 41.1 Å². The monoisotopic (exact) mass is 241 g/mol. The molecule has 0 unspecified atom stereocenters. The van der Waals surface area contributed by atoms with E-state index in [1.165, 1.54) is 6.07 Å². The van der Waals surface area contributed by atoms with Crippen LogP contribution < -0.4 is 0 Å². The molecule has 1 atom stereocenters. The van der Waals surface area contributed by atoms with Crippen molar-refractivity contribution in [3.8, 4) is 0 Å². The molecule has 88 valence electrons. The van der Waals surface area contributed by atoms with Crippen molar-refractivity contribution in [2.45, 2.75) is 6.10 Å². The highest BCUT2D eigenvalue weighted by Crippen LogP contribution is 2.19. The minimum atomic E-state index is -0.718. The van der Waals surface area contributed by atoms with Crippen molar-refractivity contribution in [2.75, 3.05) is 31.1 Å². The van der Waals surface area contributed by atoms with Crippen molar-refractivity contribution in [3.05, 3.63) is 35.6 Å². The standard InChI is InChI=1S/C12H16FNOS/c13-11-4-2-1-3-10(11)12(15)9-14-5-7-16-8-6-14/h1-4,12,15H,5-9H2/t12-/m0/s1. The van der Waals surface area contributed by atoms with Crippen molar-refractivity contribution >= 4 is 11.8 Å². The van der Waals surface area contributed by atoms with Gasteiger partial charge in [-0.2, -0.15) is 11.8 Å². The van der Waals surface area contributed by atoms with Crippen LogP contribution in [0.15, 0.2) is 24.3 Å². The Labute approximate surface area is 99.5 Å². The number of β-amino-alcohol motifs (C(OH)–C–C–N with tert-alkyl or cyclic N) is 1. The topological polar surface area (TPSA) is 23.5 Å². The fraction of sp³-hybridized carbons (Fsp3) is 0.500. The number of hydrogen-bond acceptors (Lipinski definition) is 3. The zero-order valence-electron chi connectivity index (χ0n) is 9.10.